The highest BCUT2D eigenvalue weighted by atomic mass is 16.1. The number of hydrogen-bond acceptors (Lipinski definition) is 5. The highest BCUT2D eigenvalue weighted by Gasteiger charge is 2.19. The molecule has 1 aromatic carbocycles. The zero-order valence-corrected chi connectivity index (χ0v) is 16.0. The van der Waals surface area contributed by atoms with Gasteiger partial charge >= 0.3 is 0 Å². The maximum atomic E-state index is 12.3. The largest absolute Gasteiger partial charge is 0.352 e. The number of hydrogen-bond donors (Lipinski definition) is 3. The van der Waals surface area contributed by atoms with Gasteiger partial charge in [-0.3, -0.25) is 14.6 Å². The molecule has 0 saturated heterocycles. The zero-order chi connectivity index (χ0) is 19.6. The van der Waals surface area contributed by atoms with Crippen molar-refractivity contribution in [3.63, 3.8) is 0 Å². The molecule has 2 heterocycles. The van der Waals surface area contributed by atoms with Gasteiger partial charge in [0.05, 0.1) is 11.7 Å². The van der Waals surface area contributed by atoms with E-state index in [2.05, 4.69) is 25.7 Å². The van der Waals surface area contributed by atoms with E-state index in [-0.39, 0.29) is 17.0 Å². The third-order valence-corrected chi connectivity index (χ3v) is 4.06. The minimum atomic E-state index is -0.291. The topological polar surface area (TPSA) is 105 Å². The van der Waals surface area contributed by atoms with Gasteiger partial charge in [-0.1, -0.05) is 12.1 Å². The summed E-state index contributed by atoms with van der Waals surface area (Å²) in [5.41, 5.74) is 1.50. The number of carbonyl (C=O) groups excluding carboxylic acids is 1. The Kier molecular flexibility index (Phi) is 4.98. The molecule has 1 amide bonds. The molecule has 0 saturated carbocycles. The molecule has 3 rings (SSSR count). The van der Waals surface area contributed by atoms with Gasteiger partial charge in [0.25, 0.3) is 11.5 Å². The van der Waals surface area contributed by atoms with Crippen molar-refractivity contribution in [2.45, 2.75) is 39.8 Å². The van der Waals surface area contributed by atoms with Crippen LogP contribution >= 0.6 is 0 Å². The van der Waals surface area contributed by atoms with Gasteiger partial charge in [0.2, 0.25) is 5.95 Å². The van der Waals surface area contributed by atoms with E-state index in [9.17, 15) is 9.59 Å². The number of aromatic nitrogens is 4. The van der Waals surface area contributed by atoms with E-state index in [4.69, 9.17) is 0 Å². The Morgan fingerprint density at radius 2 is 2.07 bits per heavy atom. The molecule has 0 aliphatic heterocycles. The number of H-pyrrole nitrogens is 1. The van der Waals surface area contributed by atoms with E-state index in [0.29, 0.717) is 35.6 Å². The molecular weight excluding hydrogens is 344 g/mol. The van der Waals surface area contributed by atoms with Crippen LogP contribution < -0.4 is 16.2 Å². The standard InChI is InChI=1S/C19H24N6O2/c1-5-20-16(26)13-8-6-7-12(9-13)10-21-18-23-15-14(17(27)24-18)11-22-25(15)19(2,3)4/h6-9,11H,5,10H2,1-4H3,(H,20,26)(H2,21,23,24,27). The molecular formula is C19H24N6O2. The highest BCUT2D eigenvalue weighted by molar-refractivity contribution is 5.94. The molecule has 0 fully saturated rings. The van der Waals surface area contributed by atoms with Crippen LogP contribution in [0, 0.1) is 0 Å². The summed E-state index contributed by atoms with van der Waals surface area (Å²) in [7, 11) is 0. The van der Waals surface area contributed by atoms with Crippen molar-refractivity contribution in [3.8, 4) is 0 Å². The van der Waals surface area contributed by atoms with Crippen LogP contribution in [0.4, 0.5) is 5.95 Å². The van der Waals surface area contributed by atoms with E-state index in [1.54, 1.807) is 10.7 Å². The molecule has 0 aliphatic rings. The van der Waals surface area contributed by atoms with E-state index >= 15 is 0 Å². The summed E-state index contributed by atoms with van der Waals surface area (Å²) >= 11 is 0. The Balaban J connectivity index is 1.84. The van der Waals surface area contributed by atoms with Crippen molar-refractivity contribution < 1.29 is 4.79 Å². The van der Waals surface area contributed by atoms with Crippen molar-refractivity contribution in [1.82, 2.24) is 25.1 Å². The fourth-order valence-corrected chi connectivity index (χ4v) is 2.76. The van der Waals surface area contributed by atoms with Crippen molar-refractivity contribution in [2.24, 2.45) is 0 Å². The number of amides is 1. The molecule has 3 N–H and O–H groups in total. The van der Waals surface area contributed by atoms with Crippen molar-refractivity contribution in [1.29, 1.82) is 0 Å². The molecule has 0 radical (unpaired) electrons. The van der Waals surface area contributed by atoms with Gasteiger partial charge in [0.15, 0.2) is 5.65 Å². The maximum Gasteiger partial charge on any atom is 0.263 e. The van der Waals surface area contributed by atoms with Crippen LogP contribution in [-0.4, -0.2) is 32.2 Å². The van der Waals surface area contributed by atoms with E-state index in [1.807, 2.05) is 45.9 Å². The minimum absolute atomic E-state index is 0.110. The average Bonchev–Trinajstić information content (AvgIpc) is 3.05. The molecule has 142 valence electrons. The lowest BCUT2D eigenvalue weighted by Gasteiger charge is -2.19. The van der Waals surface area contributed by atoms with Crippen LogP contribution in [0.2, 0.25) is 0 Å². The SMILES string of the molecule is CCNC(=O)c1cccc(CNc2nc3c(cnn3C(C)(C)C)c(=O)[nH]2)c1. The first kappa shape index (κ1) is 18.6. The van der Waals surface area contributed by atoms with Crippen LogP contribution in [0.25, 0.3) is 11.0 Å². The number of nitrogens with one attached hydrogen (secondary N) is 3. The fraction of sp³-hybridized carbons (Fsp3) is 0.368. The van der Waals surface area contributed by atoms with Crippen LogP contribution in [0.3, 0.4) is 0 Å². The average molecular weight is 368 g/mol. The number of nitrogens with zero attached hydrogens (tertiary/aromatic N) is 3. The first-order valence-corrected chi connectivity index (χ1v) is 8.89. The first-order valence-electron chi connectivity index (χ1n) is 8.89. The Morgan fingerprint density at radius 3 is 2.78 bits per heavy atom. The van der Waals surface area contributed by atoms with Gasteiger partial charge in [-0.15, -0.1) is 0 Å². The zero-order valence-electron chi connectivity index (χ0n) is 16.0. The smallest absolute Gasteiger partial charge is 0.263 e. The number of fused-ring (bicyclic) bond motifs is 1. The molecule has 0 aliphatic carbocycles. The second-order valence-electron chi connectivity index (χ2n) is 7.29. The van der Waals surface area contributed by atoms with Gasteiger partial charge in [-0.05, 0) is 45.4 Å². The Labute approximate surface area is 157 Å². The van der Waals surface area contributed by atoms with Crippen molar-refractivity contribution >= 4 is 22.9 Å². The summed E-state index contributed by atoms with van der Waals surface area (Å²) in [5.74, 6) is 0.253. The molecule has 2 aromatic heterocycles. The van der Waals surface area contributed by atoms with Crippen LogP contribution in [0.5, 0.6) is 0 Å². The number of benzene rings is 1. The van der Waals surface area contributed by atoms with Crippen LogP contribution in [0.1, 0.15) is 43.6 Å². The third-order valence-electron chi connectivity index (χ3n) is 4.06. The summed E-state index contributed by atoms with van der Waals surface area (Å²) in [5, 5.41) is 10.6. The molecule has 0 unspecified atom stereocenters. The predicted molar refractivity (Wildman–Crippen MR) is 105 cm³/mol. The van der Waals surface area contributed by atoms with Crippen molar-refractivity contribution in [2.75, 3.05) is 11.9 Å². The number of rotatable bonds is 5. The summed E-state index contributed by atoms with van der Waals surface area (Å²) in [4.78, 5) is 31.5. The molecule has 3 aromatic rings. The second-order valence-corrected chi connectivity index (χ2v) is 7.29. The van der Waals surface area contributed by atoms with Crippen LogP contribution in [0.15, 0.2) is 35.3 Å². The lowest BCUT2D eigenvalue weighted by Crippen LogP contribution is -2.24. The number of carbonyl (C=O) groups is 1. The summed E-state index contributed by atoms with van der Waals surface area (Å²) in [6.07, 6.45) is 1.53. The lowest BCUT2D eigenvalue weighted by atomic mass is 10.1. The number of anilines is 1. The van der Waals surface area contributed by atoms with E-state index in [0.717, 1.165) is 5.56 Å². The normalized spacial score (nSPS) is 11.6. The van der Waals surface area contributed by atoms with Gasteiger partial charge in [-0.25, -0.2) is 4.68 Å². The van der Waals surface area contributed by atoms with Gasteiger partial charge in [0, 0.05) is 18.7 Å². The Morgan fingerprint density at radius 1 is 1.30 bits per heavy atom. The Hall–Kier alpha value is -3.16. The number of aromatic amines is 1. The fourth-order valence-electron chi connectivity index (χ4n) is 2.76. The quantitative estimate of drug-likeness (QED) is 0.641. The molecule has 0 atom stereocenters. The second kappa shape index (κ2) is 7.22. The monoisotopic (exact) mass is 368 g/mol. The summed E-state index contributed by atoms with van der Waals surface area (Å²) in [6.45, 7) is 8.88. The van der Waals surface area contributed by atoms with Crippen LogP contribution in [-0.2, 0) is 12.1 Å². The molecule has 0 spiro atoms. The Bertz CT molecular complexity index is 1030. The molecule has 8 nitrogen and oxygen atoms in total. The highest BCUT2D eigenvalue weighted by Crippen LogP contribution is 2.19. The minimum Gasteiger partial charge on any atom is -0.352 e. The van der Waals surface area contributed by atoms with Gasteiger partial charge < -0.3 is 10.6 Å². The van der Waals surface area contributed by atoms with E-state index in [1.165, 1.54) is 6.20 Å². The lowest BCUT2D eigenvalue weighted by molar-refractivity contribution is 0.0955. The van der Waals surface area contributed by atoms with E-state index < -0.39 is 0 Å². The predicted octanol–water partition coefficient (Wildman–Crippen LogP) is 2.24. The molecule has 27 heavy (non-hydrogen) atoms. The van der Waals surface area contributed by atoms with Gasteiger partial charge in [0.1, 0.15) is 5.39 Å². The molecule has 0 bridgehead atoms. The first-order chi connectivity index (χ1) is 12.8. The summed E-state index contributed by atoms with van der Waals surface area (Å²) < 4.78 is 1.73. The summed E-state index contributed by atoms with van der Waals surface area (Å²) in [6, 6.07) is 7.32. The van der Waals surface area contributed by atoms with Crippen molar-refractivity contribution in [3.05, 3.63) is 51.9 Å². The third kappa shape index (κ3) is 3.99. The maximum absolute atomic E-state index is 12.3. The van der Waals surface area contributed by atoms with Gasteiger partial charge in [-0.2, -0.15) is 10.1 Å². The molecule has 8 heteroatoms.